The molecule has 0 radical (unpaired) electrons. The topological polar surface area (TPSA) is 55.8 Å². The smallest absolute Gasteiger partial charge is 0.339 e. The fourth-order valence-corrected chi connectivity index (χ4v) is 2.38. The molecule has 1 N–H and O–H groups in total. The molecule has 2 aromatic carbocycles. The van der Waals surface area contributed by atoms with Crippen LogP contribution in [0.15, 0.2) is 48.5 Å². The number of methoxy groups -OCH3 is 1. The van der Waals surface area contributed by atoms with E-state index in [1.165, 1.54) is 0 Å². The van der Waals surface area contributed by atoms with Crippen molar-refractivity contribution in [3.8, 4) is 5.75 Å². The summed E-state index contributed by atoms with van der Waals surface area (Å²) in [6.07, 6.45) is -1.55. The van der Waals surface area contributed by atoms with E-state index in [9.17, 15) is 9.90 Å². The van der Waals surface area contributed by atoms with Gasteiger partial charge in [-0.05, 0) is 23.8 Å². The molecule has 2 aromatic rings. The lowest BCUT2D eigenvalue weighted by molar-refractivity contribution is -0.0102. The number of hydrogen-bond acceptors (Lipinski definition) is 4. The molecule has 0 saturated carbocycles. The molecule has 0 aromatic heterocycles. The number of aliphatic hydroxyl groups is 1. The van der Waals surface area contributed by atoms with E-state index in [-0.39, 0.29) is 0 Å². The van der Waals surface area contributed by atoms with Crippen molar-refractivity contribution >= 4 is 5.97 Å². The Hall–Kier alpha value is -2.33. The SMILES string of the molecule is COc1ccc([C@@H](O)[C@H]2OC(=O)c3ccccc32)cc1. The van der Waals surface area contributed by atoms with Crippen LogP contribution in [0.2, 0.25) is 0 Å². The van der Waals surface area contributed by atoms with E-state index in [0.717, 1.165) is 5.56 Å². The van der Waals surface area contributed by atoms with E-state index < -0.39 is 18.2 Å². The zero-order valence-corrected chi connectivity index (χ0v) is 10.9. The number of fused-ring (bicyclic) bond motifs is 1. The molecule has 4 heteroatoms. The summed E-state index contributed by atoms with van der Waals surface area (Å²) in [5, 5.41) is 10.4. The third kappa shape index (κ3) is 2.04. The van der Waals surface area contributed by atoms with Gasteiger partial charge >= 0.3 is 5.97 Å². The number of carbonyl (C=O) groups excluding carboxylic acids is 1. The summed E-state index contributed by atoms with van der Waals surface area (Å²) in [5.74, 6) is 0.322. The van der Waals surface area contributed by atoms with Crippen LogP contribution in [0.4, 0.5) is 0 Å². The highest BCUT2D eigenvalue weighted by Gasteiger charge is 2.36. The summed E-state index contributed by atoms with van der Waals surface area (Å²) in [7, 11) is 1.58. The first-order chi connectivity index (χ1) is 9.70. The molecule has 0 spiro atoms. The monoisotopic (exact) mass is 270 g/mol. The quantitative estimate of drug-likeness (QED) is 0.871. The maximum atomic E-state index is 11.8. The van der Waals surface area contributed by atoms with Crippen LogP contribution in [0, 0.1) is 0 Å². The number of ether oxygens (including phenoxy) is 2. The Morgan fingerprint density at radius 2 is 1.85 bits per heavy atom. The molecule has 0 amide bonds. The van der Waals surface area contributed by atoms with Gasteiger partial charge in [0.05, 0.1) is 12.7 Å². The lowest BCUT2D eigenvalue weighted by Gasteiger charge is -2.18. The van der Waals surface area contributed by atoms with E-state index in [1.54, 1.807) is 49.6 Å². The third-order valence-corrected chi connectivity index (χ3v) is 3.47. The predicted octanol–water partition coefficient (Wildman–Crippen LogP) is 2.64. The highest BCUT2D eigenvalue weighted by molar-refractivity contribution is 5.94. The first-order valence-electron chi connectivity index (χ1n) is 6.32. The average molecular weight is 270 g/mol. The van der Waals surface area contributed by atoms with Gasteiger partial charge in [-0.1, -0.05) is 30.3 Å². The highest BCUT2D eigenvalue weighted by Crippen LogP contribution is 2.39. The molecule has 0 saturated heterocycles. The Kier molecular flexibility index (Phi) is 3.16. The zero-order chi connectivity index (χ0) is 14.1. The Balaban J connectivity index is 1.91. The van der Waals surface area contributed by atoms with Crippen LogP contribution in [-0.4, -0.2) is 18.2 Å². The van der Waals surface area contributed by atoms with Crippen molar-refractivity contribution in [3.05, 3.63) is 65.2 Å². The van der Waals surface area contributed by atoms with Crippen LogP contribution in [0.25, 0.3) is 0 Å². The first-order valence-corrected chi connectivity index (χ1v) is 6.32. The number of aliphatic hydroxyl groups excluding tert-OH is 1. The van der Waals surface area contributed by atoms with E-state index in [1.807, 2.05) is 6.07 Å². The van der Waals surface area contributed by atoms with E-state index in [0.29, 0.717) is 16.9 Å². The maximum Gasteiger partial charge on any atom is 0.339 e. The van der Waals surface area contributed by atoms with Gasteiger partial charge in [0, 0.05) is 5.56 Å². The van der Waals surface area contributed by atoms with Gasteiger partial charge in [0.1, 0.15) is 11.9 Å². The average Bonchev–Trinajstić information content (AvgIpc) is 2.84. The van der Waals surface area contributed by atoms with Crippen molar-refractivity contribution in [1.29, 1.82) is 0 Å². The third-order valence-electron chi connectivity index (χ3n) is 3.47. The van der Waals surface area contributed by atoms with E-state index in [2.05, 4.69) is 0 Å². The maximum absolute atomic E-state index is 11.8. The summed E-state index contributed by atoms with van der Waals surface area (Å²) < 4.78 is 10.4. The second kappa shape index (κ2) is 4.98. The van der Waals surface area contributed by atoms with Gasteiger partial charge in [0.25, 0.3) is 0 Å². The van der Waals surface area contributed by atoms with Gasteiger partial charge in [-0.15, -0.1) is 0 Å². The molecular formula is C16H14O4. The van der Waals surface area contributed by atoms with Gasteiger partial charge < -0.3 is 14.6 Å². The summed E-state index contributed by atoms with van der Waals surface area (Å²) in [6.45, 7) is 0. The highest BCUT2D eigenvalue weighted by atomic mass is 16.6. The molecule has 0 unspecified atom stereocenters. The minimum absolute atomic E-state index is 0.391. The largest absolute Gasteiger partial charge is 0.497 e. The summed E-state index contributed by atoms with van der Waals surface area (Å²) in [6, 6.07) is 14.2. The molecule has 1 aliphatic rings. The lowest BCUT2D eigenvalue weighted by Crippen LogP contribution is -2.10. The Morgan fingerprint density at radius 1 is 1.15 bits per heavy atom. The molecule has 20 heavy (non-hydrogen) atoms. The number of cyclic esters (lactones) is 1. The van der Waals surface area contributed by atoms with Crippen molar-refractivity contribution in [2.75, 3.05) is 7.11 Å². The molecule has 2 atom stereocenters. The van der Waals surface area contributed by atoms with Gasteiger partial charge in [-0.2, -0.15) is 0 Å². The molecule has 102 valence electrons. The number of hydrogen-bond donors (Lipinski definition) is 1. The molecule has 0 aliphatic carbocycles. The molecule has 1 aliphatic heterocycles. The van der Waals surface area contributed by atoms with E-state index >= 15 is 0 Å². The van der Waals surface area contributed by atoms with Crippen LogP contribution >= 0.6 is 0 Å². The van der Waals surface area contributed by atoms with Gasteiger partial charge in [0.2, 0.25) is 0 Å². The number of rotatable bonds is 3. The van der Waals surface area contributed by atoms with Crippen molar-refractivity contribution in [3.63, 3.8) is 0 Å². The molecule has 0 bridgehead atoms. The van der Waals surface area contributed by atoms with Crippen LogP contribution in [0.5, 0.6) is 5.75 Å². The number of benzene rings is 2. The summed E-state index contributed by atoms with van der Waals surface area (Å²) in [5.41, 5.74) is 1.92. The molecular weight excluding hydrogens is 256 g/mol. The normalized spacial score (nSPS) is 18.3. The lowest BCUT2D eigenvalue weighted by atomic mass is 9.97. The standard InChI is InChI=1S/C16H14O4/c1-19-11-8-6-10(7-9-11)14(17)15-12-4-2-3-5-13(12)16(18)20-15/h2-9,14-15,17H,1H3/t14-,15+/m1/s1. The minimum atomic E-state index is -0.895. The Labute approximate surface area is 116 Å². The molecule has 1 heterocycles. The van der Waals surface area contributed by atoms with Gasteiger partial charge in [0.15, 0.2) is 6.10 Å². The van der Waals surface area contributed by atoms with Crippen LogP contribution in [0.1, 0.15) is 33.7 Å². The number of esters is 1. The molecule has 4 nitrogen and oxygen atoms in total. The molecule has 0 fully saturated rings. The summed E-state index contributed by atoms with van der Waals surface area (Å²) in [4.78, 5) is 11.8. The zero-order valence-electron chi connectivity index (χ0n) is 10.9. The first kappa shape index (κ1) is 12.7. The van der Waals surface area contributed by atoms with Gasteiger partial charge in [-0.3, -0.25) is 0 Å². The van der Waals surface area contributed by atoms with Crippen molar-refractivity contribution < 1.29 is 19.4 Å². The minimum Gasteiger partial charge on any atom is -0.497 e. The van der Waals surface area contributed by atoms with Crippen LogP contribution < -0.4 is 4.74 Å². The predicted molar refractivity (Wildman–Crippen MR) is 72.6 cm³/mol. The fourth-order valence-electron chi connectivity index (χ4n) is 2.38. The summed E-state index contributed by atoms with van der Waals surface area (Å²) >= 11 is 0. The number of carbonyl (C=O) groups is 1. The van der Waals surface area contributed by atoms with Crippen molar-refractivity contribution in [1.82, 2.24) is 0 Å². The van der Waals surface area contributed by atoms with Crippen molar-refractivity contribution in [2.24, 2.45) is 0 Å². The van der Waals surface area contributed by atoms with Crippen LogP contribution in [-0.2, 0) is 4.74 Å². The Morgan fingerprint density at radius 3 is 2.55 bits per heavy atom. The second-order valence-corrected chi connectivity index (χ2v) is 4.63. The second-order valence-electron chi connectivity index (χ2n) is 4.63. The van der Waals surface area contributed by atoms with E-state index in [4.69, 9.17) is 9.47 Å². The fraction of sp³-hybridized carbons (Fsp3) is 0.188. The Bertz CT molecular complexity index is 633. The van der Waals surface area contributed by atoms with Crippen molar-refractivity contribution in [2.45, 2.75) is 12.2 Å². The van der Waals surface area contributed by atoms with Gasteiger partial charge in [-0.25, -0.2) is 4.79 Å². The van der Waals surface area contributed by atoms with Crippen LogP contribution in [0.3, 0.4) is 0 Å². The molecule has 3 rings (SSSR count).